The molecule has 2 aromatic rings. The zero-order chi connectivity index (χ0) is 41.4. The standard InChI is InChI=1S/C43H58N6O9/c1-2-15-33(38(51)41(54)45-25-35(50)47-36(39(44)52)29-18-9-4-10-19-29)46-40(53)34-24-32(57-27-28-16-7-3-8-17-28)26-49(34)42(55)37(30-20-11-5-12-21-30)48-43(56)58-31-22-13-6-14-23-31/h3-4,7-10,16-19,30-34,36-37H,2,5-6,11-15,20-27H2,1H3,(H2,44,52)(H,45,54)(H,46,53)(H,47,50)(H,48,56)/t32-,33?,34+,36?,37?/m1/s1. The summed E-state index contributed by atoms with van der Waals surface area (Å²) in [7, 11) is 0. The summed E-state index contributed by atoms with van der Waals surface area (Å²) in [5, 5.41) is 10.4. The quantitative estimate of drug-likeness (QED) is 0.139. The van der Waals surface area contributed by atoms with Crippen molar-refractivity contribution in [2.45, 2.75) is 133 Å². The Hall–Kier alpha value is -5.31. The van der Waals surface area contributed by atoms with Crippen molar-refractivity contribution in [3.05, 3.63) is 71.8 Å². The predicted molar refractivity (Wildman–Crippen MR) is 213 cm³/mol. The van der Waals surface area contributed by atoms with Crippen molar-refractivity contribution in [1.29, 1.82) is 0 Å². The van der Waals surface area contributed by atoms with Crippen LogP contribution in [-0.2, 0) is 44.8 Å². The van der Waals surface area contributed by atoms with Crippen LogP contribution in [0.25, 0.3) is 0 Å². The summed E-state index contributed by atoms with van der Waals surface area (Å²) >= 11 is 0. The number of nitrogens with two attached hydrogens (primary N) is 1. The number of amides is 6. The molecule has 2 aliphatic carbocycles. The van der Waals surface area contributed by atoms with Crippen LogP contribution in [0.3, 0.4) is 0 Å². The van der Waals surface area contributed by atoms with Gasteiger partial charge in [0.1, 0.15) is 24.2 Å². The lowest BCUT2D eigenvalue weighted by atomic mass is 9.83. The minimum Gasteiger partial charge on any atom is -0.446 e. The van der Waals surface area contributed by atoms with Crippen molar-refractivity contribution in [3.8, 4) is 0 Å². The van der Waals surface area contributed by atoms with Gasteiger partial charge in [0.15, 0.2) is 0 Å². The van der Waals surface area contributed by atoms with Crippen molar-refractivity contribution in [2.24, 2.45) is 11.7 Å². The third-order valence-corrected chi connectivity index (χ3v) is 11.2. The highest BCUT2D eigenvalue weighted by Gasteiger charge is 2.45. The fourth-order valence-electron chi connectivity index (χ4n) is 8.13. The van der Waals surface area contributed by atoms with Crippen LogP contribution in [0.15, 0.2) is 60.7 Å². The van der Waals surface area contributed by atoms with Gasteiger partial charge in [-0.2, -0.15) is 0 Å². The average molecular weight is 803 g/mol. The fourth-order valence-corrected chi connectivity index (χ4v) is 8.13. The number of carbonyl (C=O) groups is 7. The highest BCUT2D eigenvalue weighted by atomic mass is 16.6. The summed E-state index contributed by atoms with van der Waals surface area (Å²) in [6.45, 7) is 1.48. The number of carbonyl (C=O) groups excluding carboxylic acids is 7. The van der Waals surface area contributed by atoms with Gasteiger partial charge in [0, 0.05) is 13.0 Å². The number of primary amides is 1. The number of hydrogen-bond donors (Lipinski definition) is 5. The lowest BCUT2D eigenvalue weighted by molar-refractivity contribution is -0.143. The van der Waals surface area contributed by atoms with Crippen molar-refractivity contribution in [1.82, 2.24) is 26.2 Å². The van der Waals surface area contributed by atoms with Crippen LogP contribution in [0.4, 0.5) is 4.79 Å². The van der Waals surface area contributed by atoms with E-state index in [1.165, 1.54) is 4.90 Å². The lowest BCUT2D eigenvalue weighted by Gasteiger charge is -2.35. The van der Waals surface area contributed by atoms with Crippen molar-refractivity contribution < 1.29 is 43.0 Å². The number of nitrogens with zero attached hydrogens (tertiary/aromatic N) is 1. The number of benzene rings is 2. The molecule has 3 unspecified atom stereocenters. The van der Waals surface area contributed by atoms with Crippen molar-refractivity contribution in [3.63, 3.8) is 0 Å². The highest BCUT2D eigenvalue weighted by Crippen LogP contribution is 2.31. The molecule has 3 aliphatic rings. The Morgan fingerprint density at radius 2 is 1.43 bits per heavy atom. The van der Waals surface area contributed by atoms with E-state index in [4.69, 9.17) is 15.2 Å². The van der Waals surface area contributed by atoms with Crippen LogP contribution >= 0.6 is 0 Å². The first-order valence-electron chi connectivity index (χ1n) is 20.7. The lowest BCUT2D eigenvalue weighted by Crippen LogP contribution is -2.58. The van der Waals surface area contributed by atoms with Crippen LogP contribution in [0.2, 0.25) is 0 Å². The Morgan fingerprint density at radius 3 is 2.07 bits per heavy atom. The molecule has 2 aromatic carbocycles. The SMILES string of the molecule is CCCC(NC(=O)[C@@H]1C[C@@H](OCc2ccccc2)CN1C(=O)C(NC(=O)OC1CCCCC1)C1CCCCC1)C(=O)C(=O)NCC(=O)NC(C(N)=O)c1ccccc1. The first-order valence-corrected chi connectivity index (χ1v) is 20.7. The van der Waals surface area contributed by atoms with Gasteiger partial charge in [0.05, 0.1) is 25.3 Å². The second-order valence-corrected chi connectivity index (χ2v) is 15.6. The predicted octanol–water partition coefficient (Wildman–Crippen LogP) is 3.49. The molecule has 0 radical (unpaired) electrons. The van der Waals surface area contributed by atoms with Gasteiger partial charge in [0.2, 0.25) is 29.4 Å². The van der Waals surface area contributed by atoms with Gasteiger partial charge in [-0.25, -0.2) is 4.79 Å². The number of likely N-dealkylation sites (tertiary alicyclic amines) is 1. The molecule has 6 amide bonds. The zero-order valence-corrected chi connectivity index (χ0v) is 33.3. The number of alkyl carbamates (subject to hydrolysis) is 1. The van der Waals surface area contributed by atoms with E-state index in [0.29, 0.717) is 12.0 Å². The molecule has 0 bridgehead atoms. The Kier molecular flexibility index (Phi) is 16.6. The third kappa shape index (κ3) is 12.6. The maximum Gasteiger partial charge on any atom is 0.408 e. The molecule has 0 aromatic heterocycles. The average Bonchev–Trinajstić information content (AvgIpc) is 3.68. The summed E-state index contributed by atoms with van der Waals surface area (Å²) in [5.41, 5.74) is 6.85. The smallest absolute Gasteiger partial charge is 0.408 e. The fraction of sp³-hybridized carbons (Fsp3) is 0.558. The van der Waals surface area contributed by atoms with Gasteiger partial charge in [-0.3, -0.25) is 28.8 Å². The highest BCUT2D eigenvalue weighted by molar-refractivity contribution is 6.38. The molecular weight excluding hydrogens is 745 g/mol. The number of ketones is 1. The second kappa shape index (κ2) is 22.0. The maximum absolute atomic E-state index is 14.6. The molecule has 15 heteroatoms. The first kappa shape index (κ1) is 43.8. The summed E-state index contributed by atoms with van der Waals surface area (Å²) in [6.07, 6.45) is 8.15. The minimum atomic E-state index is -1.26. The summed E-state index contributed by atoms with van der Waals surface area (Å²) < 4.78 is 12.0. The molecule has 6 N–H and O–H groups in total. The maximum atomic E-state index is 14.6. The topological polar surface area (TPSA) is 215 Å². The van der Waals surface area contributed by atoms with E-state index in [0.717, 1.165) is 69.8 Å². The molecule has 0 spiro atoms. The molecule has 5 atom stereocenters. The third-order valence-electron chi connectivity index (χ3n) is 11.2. The summed E-state index contributed by atoms with van der Waals surface area (Å²) in [6, 6.07) is 13.4. The largest absolute Gasteiger partial charge is 0.446 e. The summed E-state index contributed by atoms with van der Waals surface area (Å²) in [4.78, 5) is 94.9. The van der Waals surface area contributed by atoms with Gasteiger partial charge in [0.25, 0.3) is 5.91 Å². The molecule has 15 nitrogen and oxygen atoms in total. The molecule has 1 heterocycles. The van der Waals surface area contributed by atoms with E-state index in [1.807, 2.05) is 30.3 Å². The monoisotopic (exact) mass is 802 g/mol. The minimum absolute atomic E-state index is 0.0730. The Labute approximate surface area is 339 Å². The van der Waals surface area contributed by atoms with Crippen molar-refractivity contribution >= 4 is 41.4 Å². The van der Waals surface area contributed by atoms with Crippen LogP contribution in [0, 0.1) is 5.92 Å². The van der Waals surface area contributed by atoms with Gasteiger partial charge in [-0.1, -0.05) is 99.7 Å². The van der Waals surface area contributed by atoms with Gasteiger partial charge < -0.3 is 41.4 Å². The second-order valence-electron chi connectivity index (χ2n) is 15.6. The van der Waals surface area contributed by atoms with E-state index in [1.54, 1.807) is 37.3 Å². The van der Waals surface area contributed by atoms with Crippen LogP contribution in [0.1, 0.15) is 108 Å². The van der Waals surface area contributed by atoms with Gasteiger partial charge >= 0.3 is 6.09 Å². The molecule has 314 valence electrons. The number of hydrogen-bond acceptors (Lipinski definition) is 9. The van der Waals surface area contributed by atoms with E-state index in [9.17, 15) is 33.6 Å². The van der Waals surface area contributed by atoms with Crippen molar-refractivity contribution in [2.75, 3.05) is 13.1 Å². The summed E-state index contributed by atoms with van der Waals surface area (Å²) in [5.74, 6) is -4.87. The molecule has 58 heavy (non-hydrogen) atoms. The number of Topliss-reactive ketones (excluding diaryl/α,β-unsaturated/α-hetero) is 1. The van der Waals surface area contributed by atoms with Crippen LogP contribution < -0.4 is 27.0 Å². The van der Waals surface area contributed by atoms with E-state index >= 15 is 0 Å². The van der Waals surface area contributed by atoms with Gasteiger partial charge in [-0.15, -0.1) is 0 Å². The van der Waals surface area contributed by atoms with E-state index < -0.39 is 78.2 Å². The Balaban J connectivity index is 1.28. The number of nitrogens with one attached hydrogen (secondary N) is 4. The molecule has 5 rings (SSSR count). The van der Waals surface area contributed by atoms with E-state index in [-0.39, 0.29) is 38.0 Å². The normalized spacial score (nSPS) is 20.2. The molecule has 1 aliphatic heterocycles. The van der Waals surface area contributed by atoms with Crippen LogP contribution in [0.5, 0.6) is 0 Å². The molecule has 2 saturated carbocycles. The molecule has 1 saturated heterocycles. The number of rotatable bonds is 18. The van der Waals surface area contributed by atoms with E-state index in [2.05, 4.69) is 21.3 Å². The first-order chi connectivity index (χ1) is 28.0. The Bertz CT molecular complexity index is 1720. The zero-order valence-electron chi connectivity index (χ0n) is 33.3. The molecule has 3 fully saturated rings. The van der Waals surface area contributed by atoms with Gasteiger partial charge in [-0.05, 0) is 62.0 Å². The molecular formula is C43H58N6O9. The van der Waals surface area contributed by atoms with Crippen LogP contribution in [-0.4, -0.2) is 89.7 Å². The Morgan fingerprint density at radius 1 is 0.793 bits per heavy atom. The number of ether oxygens (including phenoxy) is 2.